The van der Waals surface area contributed by atoms with E-state index in [-0.39, 0.29) is 6.04 Å². The summed E-state index contributed by atoms with van der Waals surface area (Å²) in [5.41, 5.74) is 1.03. The molecule has 18 heavy (non-hydrogen) atoms. The van der Waals surface area contributed by atoms with Crippen molar-refractivity contribution in [2.24, 2.45) is 0 Å². The van der Waals surface area contributed by atoms with Crippen LogP contribution in [0.4, 0.5) is 0 Å². The molecule has 98 valence electrons. The summed E-state index contributed by atoms with van der Waals surface area (Å²) in [6, 6.07) is 8.19. The lowest BCUT2D eigenvalue weighted by atomic mass is 10.0. The summed E-state index contributed by atoms with van der Waals surface area (Å²) in [7, 11) is 2.14. The first-order valence-corrected chi connectivity index (χ1v) is 7.13. The van der Waals surface area contributed by atoms with Gasteiger partial charge in [0.05, 0.1) is 6.04 Å². The Balaban J connectivity index is 1.97. The number of hydrogen-bond acceptors (Lipinski definition) is 3. The topological polar surface area (TPSA) is 32.3 Å². The molecule has 1 heterocycles. The lowest BCUT2D eigenvalue weighted by molar-refractivity contribution is -0.110. The fourth-order valence-corrected chi connectivity index (χ4v) is 2.58. The highest BCUT2D eigenvalue weighted by Gasteiger charge is 2.20. The molecule has 0 amide bonds. The third-order valence-electron chi connectivity index (χ3n) is 3.50. The van der Waals surface area contributed by atoms with Gasteiger partial charge in [-0.25, -0.2) is 0 Å². The van der Waals surface area contributed by atoms with Crippen LogP contribution in [0.3, 0.4) is 0 Å². The second kappa shape index (κ2) is 6.45. The van der Waals surface area contributed by atoms with E-state index in [2.05, 4.69) is 33.2 Å². The maximum atomic E-state index is 11.2. The van der Waals surface area contributed by atoms with Crippen molar-refractivity contribution in [3.8, 4) is 0 Å². The van der Waals surface area contributed by atoms with E-state index in [1.165, 1.54) is 0 Å². The molecule has 1 aromatic rings. The zero-order chi connectivity index (χ0) is 13.0. The molecular formula is C14H19BrN2O. The van der Waals surface area contributed by atoms with Crippen molar-refractivity contribution in [2.75, 3.05) is 20.1 Å². The maximum Gasteiger partial charge on any atom is 0.141 e. The molecule has 1 unspecified atom stereocenters. The smallest absolute Gasteiger partial charge is 0.141 e. The van der Waals surface area contributed by atoms with E-state index >= 15 is 0 Å². The summed E-state index contributed by atoms with van der Waals surface area (Å²) in [6.07, 6.45) is 3.22. The quantitative estimate of drug-likeness (QED) is 0.867. The van der Waals surface area contributed by atoms with Gasteiger partial charge < -0.3 is 15.0 Å². The molecule has 0 radical (unpaired) electrons. The number of hydrogen-bond donors (Lipinski definition) is 1. The predicted octanol–water partition coefficient (Wildman–Crippen LogP) is 2.37. The Morgan fingerprint density at radius 3 is 2.50 bits per heavy atom. The van der Waals surface area contributed by atoms with Gasteiger partial charge in [0.15, 0.2) is 0 Å². The first-order valence-electron chi connectivity index (χ1n) is 6.34. The Morgan fingerprint density at radius 1 is 1.33 bits per heavy atom. The Kier molecular flexibility index (Phi) is 4.92. The number of carbonyl (C=O) groups excluding carboxylic acids is 1. The zero-order valence-corrected chi connectivity index (χ0v) is 12.2. The molecule has 1 aliphatic heterocycles. The molecule has 1 aromatic carbocycles. The van der Waals surface area contributed by atoms with Crippen molar-refractivity contribution in [3.05, 3.63) is 34.3 Å². The van der Waals surface area contributed by atoms with Crippen LogP contribution in [0.2, 0.25) is 0 Å². The van der Waals surface area contributed by atoms with Gasteiger partial charge in [0, 0.05) is 10.5 Å². The minimum Gasteiger partial charge on any atom is -0.306 e. The first kappa shape index (κ1) is 13.7. The summed E-state index contributed by atoms with van der Waals surface area (Å²) in [5.74, 6) is 0. The van der Waals surface area contributed by atoms with Crippen LogP contribution in [0.25, 0.3) is 0 Å². The molecule has 2 rings (SSSR count). The summed E-state index contributed by atoms with van der Waals surface area (Å²) in [4.78, 5) is 13.6. The van der Waals surface area contributed by atoms with E-state index in [1.807, 2.05) is 24.3 Å². The van der Waals surface area contributed by atoms with Gasteiger partial charge in [0.1, 0.15) is 6.29 Å². The van der Waals surface area contributed by atoms with Gasteiger partial charge in [-0.3, -0.25) is 0 Å². The monoisotopic (exact) mass is 310 g/mol. The van der Waals surface area contributed by atoms with Gasteiger partial charge in [-0.05, 0) is 50.7 Å². The van der Waals surface area contributed by atoms with E-state index in [0.29, 0.717) is 6.04 Å². The Hall–Kier alpha value is -0.710. The van der Waals surface area contributed by atoms with Crippen LogP contribution in [0.5, 0.6) is 0 Å². The Morgan fingerprint density at radius 2 is 1.94 bits per heavy atom. The van der Waals surface area contributed by atoms with E-state index < -0.39 is 0 Å². The lowest BCUT2D eigenvalue weighted by Crippen LogP contribution is -2.42. The van der Waals surface area contributed by atoms with Crippen molar-refractivity contribution in [3.63, 3.8) is 0 Å². The number of carbonyl (C=O) groups is 1. The van der Waals surface area contributed by atoms with Crippen molar-refractivity contribution in [2.45, 2.75) is 24.9 Å². The molecular weight excluding hydrogens is 292 g/mol. The van der Waals surface area contributed by atoms with E-state index in [0.717, 1.165) is 42.3 Å². The molecule has 0 aromatic heterocycles. The second-order valence-electron chi connectivity index (χ2n) is 4.91. The maximum absolute atomic E-state index is 11.2. The zero-order valence-electron chi connectivity index (χ0n) is 10.6. The van der Waals surface area contributed by atoms with E-state index in [1.54, 1.807) is 0 Å². The highest BCUT2D eigenvalue weighted by Crippen LogP contribution is 2.18. The number of halogens is 1. The second-order valence-corrected chi connectivity index (χ2v) is 5.83. The number of nitrogens with zero attached hydrogens (tertiary/aromatic N) is 1. The summed E-state index contributed by atoms with van der Waals surface area (Å²) in [6.45, 7) is 2.20. The molecule has 1 fully saturated rings. The minimum absolute atomic E-state index is 0.188. The first-order chi connectivity index (χ1) is 8.69. The molecule has 0 bridgehead atoms. The van der Waals surface area contributed by atoms with Crippen LogP contribution in [0.1, 0.15) is 24.4 Å². The van der Waals surface area contributed by atoms with E-state index in [9.17, 15) is 4.79 Å². The number of benzene rings is 1. The molecule has 0 spiro atoms. The number of piperidine rings is 1. The summed E-state index contributed by atoms with van der Waals surface area (Å²) in [5, 5.41) is 3.45. The van der Waals surface area contributed by atoms with Crippen molar-refractivity contribution < 1.29 is 4.79 Å². The summed E-state index contributed by atoms with van der Waals surface area (Å²) >= 11 is 3.41. The normalized spacial score (nSPS) is 19.7. The van der Waals surface area contributed by atoms with Crippen LogP contribution in [0.15, 0.2) is 28.7 Å². The van der Waals surface area contributed by atoms with Crippen LogP contribution >= 0.6 is 15.9 Å². The van der Waals surface area contributed by atoms with Crippen LogP contribution in [0, 0.1) is 0 Å². The molecule has 1 saturated heterocycles. The van der Waals surface area contributed by atoms with Gasteiger partial charge in [0.2, 0.25) is 0 Å². The fraction of sp³-hybridized carbons (Fsp3) is 0.500. The average molecular weight is 311 g/mol. The Labute approximate surface area is 117 Å². The van der Waals surface area contributed by atoms with Crippen LogP contribution in [-0.2, 0) is 4.79 Å². The third kappa shape index (κ3) is 3.64. The average Bonchev–Trinajstić information content (AvgIpc) is 2.39. The number of likely N-dealkylation sites (tertiary alicyclic amines) is 1. The molecule has 3 nitrogen and oxygen atoms in total. The number of rotatable bonds is 4. The largest absolute Gasteiger partial charge is 0.306 e. The SMILES string of the molecule is CN1CCC(NC(C=O)c2ccc(Br)cc2)CC1. The minimum atomic E-state index is -0.188. The van der Waals surface area contributed by atoms with Gasteiger partial charge in [-0.1, -0.05) is 28.1 Å². The van der Waals surface area contributed by atoms with Gasteiger partial charge in [-0.15, -0.1) is 0 Å². The lowest BCUT2D eigenvalue weighted by Gasteiger charge is -2.31. The highest BCUT2D eigenvalue weighted by atomic mass is 79.9. The number of aldehydes is 1. The molecule has 0 saturated carbocycles. The van der Waals surface area contributed by atoms with Gasteiger partial charge in [-0.2, -0.15) is 0 Å². The number of nitrogens with one attached hydrogen (secondary N) is 1. The Bertz CT molecular complexity index is 385. The molecule has 0 aliphatic carbocycles. The van der Waals surface area contributed by atoms with Crippen LogP contribution in [-0.4, -0.2) is 37.4 Å². The van der Waals surface area contributed by atoms with Gasteiger partial charge in [0.25, 0.3) is 0 Å². The van der Waals surface area contributed by atoms with Crippen molar-refractivity contribution in [1.82, 2.24) is 10.2 Å². The summed E-state index contributed by atoms with van der Waals surface area (Å²) < 4.78 is 1.04. The van der Waals surface area contributed by atoms with Crippen molar-refractivity contribution >= 4 is 22.2 Å². The van der Waals surface area contributed by atoms with Crippen LogP contribution < -0.4 is 5.32 Å². The van der Waals surface area contributed by atoms with Gasteiger partial charge >= 0.3 is 0 Å². The third-order valence-corrected chi connectivity index (χ3v) is 4.03. The molecule has 1 aliphatic rings. The fourth-order valence-electron chi connectivity index (χ4n) is 2.31. The standard InChI is InChI=1S/C14H19BrN2O/c1-17-8-6-13(7-9-17)16-14(10-18)11-2-4-12(15)5-3-11/h2-5,10,13-14,16H,6-9H2,1H3. The molecule has 4 heteroatoms. The molecule has 1 atom stereocenters. The predicted molar refractivity (Wildman–Crippen MR) is 76.6 cm³/mol. The molecule has 1 N–H and O–H groups in total. The van der Waals surface area contributed by atoms with Crippen molar-refractivity contribution in [1.29, 1.82) is 0 Å². The highest BCUT2D eigenvalue weighted by molar-refractivity contribution is 9.10. The van der Waals surface area contributed by atoms with E-state index in [4.69, 9.17) is 0 Å².